The van der Waals surface area contributed by atoms with Gasteiger partial charge in [0.25, 0.3) is 11.1 Å². The number of fused-ring (bicyclic) bond motifs is 5. The van der Waals surface area contributed by atoms with Gasteiger partial charge in [-0.05, 0) is 68.7 Å². The fourth-order valence-electron chi connectivity index (χ4n) is 5.63. The molecule has 42 heavy (non-hydrogen) atoms. The van der Waals surface area contributed by atoms with Crippen LogP contribution < -0.4 is 11.1 Å². The Labute approximate surface area is 249 Å². The van der Waals surface area contributed by atoms with Crippen molar-refractivity contribution in [2.24, 2.45) is 0 Å². The van der Waals surface area contributed by atoms with Crippen LogP contribution >= 0.6 is 0 Å². The van der Waals surface area contributed by atoms with Crippen LogP contribution in [0.4, 0.5) is 0 Å². The summed E-state index contributed by atoms with van der Waals surface area (Å²) in [6.45, 7) is 0. The molecular formula is C38H24N2O2. The molecule has 4 heteroatoms. The van der Waals surface area contributed by atoms with Crippen LogP contribution in [0.1, 0.15) is 8.22 Å². The normalized spacial score (nSPS) is 13.5. The number of nitrogens with zero attached hydrogens (tertiary/aromatic N) is 2. The van der Waals surface area contributed by atoms with Gasteiger partial charge in [-0.15, -0.1) is 0 Å². The first-order valence-corrected chi connectivity index (χ1v) is 13.5. The summed E-state index contributed by atoms with van der Waals surface area (Å²) in [6.07, 6.45) is 0. The summed E-state index contributed by atoms with van der Waals surface area (Å²) in [4.78, 5) is 28.2. The molecule has 198 valence electrons. The predicted molar refractivity (Wildman–Crippen MR) is 171 cm³/mol. The zero-order chi connectivity index (χ0) is 33.4. The van der Waals surface area contributed by atoms with Crippen LogP contribution in [0, 0.1) is 0 Å². The van der Waals surface area contributed by atoms with Crippen LogP contribution in [0.2, 0.25) is 0 Å². The van der Waals surface area contributed by atoms with E-state index < -0.39 is 23.2 Å². The fourth-order valence-corrected chi connectivity index (χ4v) is 5.63. The summed E-state index contributed by atoms with van der Waals surface area (Å²) < 4.78 is 56.6. The molecule has 0 radical (unpaired) electrons. The Kier molecular flexibility index (Phi) is 4.17. The van der Waals surface area contributed by atoms with Gasteiger partial charge in [0.1, 0.15) is 0 Å². The third-order valence-corrected chi connectivity index (χ3v) is 7.58. The average Bonchev–Trinajstić information content (AvgIpc) is 3.59. The number of aromatic nitrogens is 2. The summed E-state index contributed by atoms with van der Waals surface area (Å²) in [5.41, 5.74) is 2.04. The molecule has 8 aromatic rings. The summed E-state index contributed by atoms with van der Waals surface area (Å²) in [6, 6.07) is 31.0. The SMILES string of the molecule is [2H]c1c(-c2ccccc2-c2ccccc2)c([2H])c2c(=O)n3c(=O)c4c([2H])c(-c5ccccc5-c5ccccc5)c([2H])c([2H])c4n3c2c1[2H]. The Hall–Kier alpha value is -5.74. The Morgan fingerprint density at radius 3 is 1.17 bits per heavy atom. The minimum atomic E-state index is -0.889. The van der Waals surface area contributed by atoms with Crippen LogP contribution in [0.3, 0.4) is 0 Å². The van der Waals surface area contributed by atoms with E-state index in [1.54, 1.807) is 24.3 Å². The second-order valence-electron chi connectivity index (χ2n) is 10.0. The third-order valence-electron chi connectivity index (χ3n) is 7.58. The predicted octanol–water partition coefficient (Wildman–Crippen LogP) is 8.17. The molecule has 0 amide bonds. The number of benzene rings is 6. The third kappa shape index (κ3) is 3.62. The number of hydrogen-bond donors (Lipinski definition) is 0. The van der Waals surface area contributed by atoms with E-state index in [0.717, 1.165) is 20.2 Å². The van der Waals surface area contributed by atoms with E-state index in [9.17, 15) is 12.3 Å². The second-order valence-corrected chi connectivity index (χ2v) is 10.0. The molecule has 0 bridgehead atoms. The van der Waals surface area contributed by atoms with Gasteiger partial charge in [-0.1, -0.05) is 121 Å². The minimum absolute atomic E-state index is 0.0722. The first kappa shape index (κ1) is 18.6. The van der Waals surface area contributed by atoms with Crippen molar-refractivity contribution >= 4 is 21.8 Å². The highest BCUT2D eigenvalue weighted by Gasteiger charge is 2.19. The molecule has 2 aromatic heterocycles. The van der Waals surface area contributed by atoms with Gasteiger partial charge >= 0.3 is 0 Å². The minimum Gasteiger partial charge on any atom is -0.267 e. The lowest BCUT2D eigenvalue weighted by Crippen LogP contribution is -2.21. The first-order chi connectivity index (χ1) is 23.2. The molecule has 6 aromatic carbocycles. The zero-order valence-electron chi connectivity index (χ0n) is 28.1. The lowest BCUT2D eigenvalue weighted by atomic mass is 9.94. The largest absolute Gasteiger partial charge is 0.282 e. The van der Waals surface area contributed by atoms with Gasteiger partial charge < -0.3 is 0 Å². The molecule has 8 rings (SSSR count). The lowest BCUT2D eigenvalue weighted by Gasteiger charge is -2.10. The van der Waals surface area contributed by atoms with Crippen LogP contribution in [-0.4, -0.2) is 9.03 Å². The Balaban J connectivity index is 1.46. The van der Waals surface area contributed by atoms with E-state index in [0.29, 0.717) is 22.3 Å². The Morgan fingerprint density at radius 2 is 0.762 bits per heavy atom. The maximum absolute atomic E-state index is 14.1. The van der Waals surface area contributed by atoms with Gasteiger partial charge in [-0.3, -0.25) is 9.59 Å². The van der Waals surface area contributed by atoms with Crippen molar-refractivity contribution in [3.63, 3.8) is 0 Å². The van der Waals surface area contributed by atoms with E-state index in [4.69, 9.17) is 5.48 Å². The van der Waals surface area contributed by atoms with Crippen molar-refractivity contribution in [1.29, 1.82) is 0 Å². The average molecular weight is 547 g/mol. The van der Waals surface area contributed by atoms with Gasteiger partial charge in [0, 0.05) is 0 Å². The molecule has 0 unspecified atom stereocenters. The molecule has 0 fully saturated rings. The van der Waals surface area contributed by atoms with Crippen LogP contribution in [0.25, 0.3) is 66.3 Å². The summed E-state index contributed by atoms with van der Waals surface area (Å²) in [7, 11) is 0. The summed E-state index contributed by atoms with van der Waals surface area (Å²) in [5.74, 6) is 0. The van der Waals surface area contributed by atoms with Crippen LogP contribution in [0.15, 0.2) is 155 Å². The molecule has 0 atom stereocenters. The number of rotatable bonds is 4. The molecule has 0 aliphatic rings. The van der Waals surface area contributed by atoms with E-state index in [1.807, 2.05) is 84.9 Å². The molecule has 0 spiro atoms. The molecule has 0 saturated carbocycles. The van der Waals surface area contributed by atoms with Crippen molar-refractivity contribution in [2.45, 2.75) is 0 Å². The van der Waals surface area contributed by atoms with Crippen molar-refractivity contribution in [2.75, 3.05) is 0 Å². The highest BCUT2D eigenvalue weighted by atomic mass is 16.2. The maximum atomic E-state index is 14.1. The molecule has 0 aliphatic carbocycles. The zero-order valence-corrected chi connectivity index (χ0v) is 22.1. The van der Waals surface area contributed by atoms with Crippen molar-refractivity contribution in [3.05, 3.63) is 166 Å². The fraction of sp³-hybridized carbons (Fsp3) is 0. The molecular weight excluding hydrogens is 516 g/mol. The van der Waals surface area contributed by atoms with Crippen LogP contribution in [0.5, 0.6) is 0 Å². The maximum Gasteiger partial charge on any atom is 0.282 e. The van der Waals surface area contributed by atoms with Crippen molar-refractivity contribution in [3.8, 4) is 44.5 Å². The molecule has 2 heterocycles. The smallest absolute Gasteiger partial charge is 0.267 e. The lowest BCUT2D eigenvalue weighted by molar-refractivity contribution is 0.841. The molecule has 4 nitrogen and oxygen atoms in total. The van der Waals surface area contributed by atoms with Crippen LogP contribution in [-0.2, 0) is 0 Å². The number of hydrogen-bond acceptors (Lipinski definition) is 2. The summed E-state index contributed by atoms with van der Waals surface area (Å²) >= 11 is 0. The summed E-state index contributed by atoms with van der Waals surface area (Å²) in [5, 5.41) is -0.493. The van der Waals surface area contributed by atoms with Crippen molar-refractivity contribution in [1.82, 2.24) is 9.03 Å². The van der Waals surface area contributed by atoms with E-state index >= 15 is 0 Å². The highest BCUT2D eigenvalue weighted by molar-refractivity contribution is 5.95. The van der Waals surface area contributed by atoms with Gasteiger partial charge in [0.05, 0.1) is 30.0 Å². The monoisotopic (exact) mass is 546 g/mol. The van der Waals surface area contributed by atoms with E-state index in [-0.39, 0.29) is 57.1 Å². The van der Waals surface area contributed by atoms with Gasteiger partial charge in [0.2, 0.25) is 0 Å². The first-order valence-electron chi connectivity index (χ1n) is 16.5. The second kappa shape index (κ2) is 9.43. The molecule has 0 aliphatic heterocycles. The topological polar surface area (TPSA) is 43.0 Å². The Morgan fingerprint density at radius 1 is 0.405 bits per heavy atom. The molecule has 0 saturated heterocycles. The quantitative estimate of drug-likeness (QED) is 0.223. The van der Waals surface area contributed by atoms with Gasteiger partial charge in [-0.2, -0.15) is 4.52 Å². The van der Waals surface area contributed by atoms with Gasteiger partial charge in [-0.25, -0.2) is 4.52 Å². The Bertz CT molecular complexity index is 2540. The standard InChI is InChI=1S/C38H24N2O2/c41-37-33-23-27(31-17-9-7-15-29(31)25-11-3-1-4-12-25)19-21-35(33)39-36-22-20-28(24-34(36)38(42)40(37)39)32-18-10-8-16-30(32)26-13-5-2-6-14-26/h1-24H/i19D,20D,21D,22D,23D,24D. The van der Waals surface area contributed by atoms with E-state index in [1.165, 1.54) is 0 Å². The molecule has 0 N–H and O–H groups in total. The van der Waals surface area contributed by atoms with E-state index in [2.05, 4.69) is 0 Å². The van der Waals surface area contributed by atoms with Gasteiger partial charge in [0.15, 0.2) is 0 Å². The van der Waals surface area contributed by atoms with Crippen molar-refractivity contribution < 1.29 is 8.22 Å². The highest BCUT2D eigenvalue weighted by Crippen LogP contribution is 2.35.